The minimum absolute atomic E-state index is 0.162. The molecule has 0 aliphatic heterocycles. The fraction of sp³-hybridized carbons (Fsp3) is 0.917. The molecule has 0 rings (SSSR count). The Kier molecular flexibility index (Phi) is 24.0. The van der Waals surface area contributed by atoms with Gasteiger partial charge in [0.1, 0.15) is 0 Å². The van der Waals surface area contributed by atoms with Crippen molar-refractivity contribution in [3.05, 3.63) is 0 Å². The molecule has 29 heavy (non-hydrogen) atoms. The van der Waals surface area contributed by atoms with Crippen LogP contribution in [-0.2, 0) is 40.4 Å². The van der Waals surface area contributed by atoms with Crippen molar-refractivity contribution in [1.82, 2.24) is 0 Å². The topological polar surface area (TPSA) is 52.6 Å². The van der Waals surface area contributed by atoms with E-state index in [1.54, 1.807) is 0 Å². The number of unbranched alkanes of at least 4 members (excludes halogenated alkanes) is 16. The zero-order valence-corrected chi connectivity index (χ0v) is 25.0. The molecule has 0 heterocycles. The monoisotopic (exact) mass is 600 g/mol. The summed E-state index contributed by atoms with van der Waals surface area (Å²) in [5.41, 5.74) is 0. The van der Waals surface area contributed by atoms with Crippen molar-refractivity contribution in [3.63, 3.8) is 0 Å². The molecule has 0 spiro atoms. The molecule has 0 aliphatic rings. The van der Waals surface area contributed by atoms with E-state index in [0.717, 1.165) is 25.7 Å². The molecular weight excluding hydrogens is 553 g/mol. The first-order chi connectivity index (χ1) is 14.2. The molecule has 0 bridgehead atoms. The average molecular weight is 599 g/mol. The van der Waals surface area contributed by atoms with Crippen molar-refractivity contribution in [2.24, 2.45) is 0 Å². The second kappa shape index (κ2) is 24.1. The van der Waals surface area contributed by atoms with E-state index in [9.17, 15) is 9.59 Å². The van der Waals surface area contributed by atoms with Gasteiger partial charge in [-0.25, -0.2) is 0 Å². The van der Waals surface area contributed by atoms with Crippen LogP contribution in [0.5, 0.6) is 0 Å². The molecule has 0 amide bonds. The molecule has 0 aromatic rings. The Morgan fingerprint density at radius 2 is 0.759 bits per heavy atom. The van der Waals surface area contributed by atoms with E-state index < -0.39 is 25.5 Å². The van der Waals surface area contributed by atoms with Crippen LogP contribution in [0.3, 0.4) is 0 Å². The third-order valence-corrected chi connectivity index (χ3v) is 8.83. The van der Waals surface area contributed by atoms with E-state index in [-0.39, 0.29) is 11.9 Å². The van der Waals surface area contributed by atoms with Gasteiger partial charge in [0.25, 0.3) is 0 Å². The molecule has 0 fully saturated rings. The fourth-order valence-electron chi connectivity index (χ4n) is 3.47. The Hall–Kier alpha value is -0.125. The summed E-state index contributed by atoms with van der Waals surface area (Å²) in [6, 6.07) is 0. The van der Waals surface area contributed by atoms with E-state index >= 15 is 0 Å². The van der Waals surface area contributed by atoms with E-state index in [4.69, 9.17) is 5.29 Å². The second-order valence-corrected chi connectivity index (χ2v) is 11.5. The van der Waals surface area contributed by atoms with Crippen LogP contribution in [-0.4, -0.2) is 11.9 Å². The Balaban J connectivity index is 3.31. The van der Waals surface area contributed by atoms with Crippen LogP contribution in [0.25, 0.3) is 0 Å². The summed E-state index contributed by atoms with van der Waals surface area (Å²) < 4.78 is 10.4. The van der Waals surface area contributed by atoms with Crippen LogP contribution >= 0.6 is 0 Å². The summed E-state index contributed by atoms with van der Waals surface area (Å²) in [6.45, 7) is 4.48. The van der Waals surface area contributed by atoms with Gasteiger partial charge in [0.2, 0.25) is 0 Å². The third-order valence-electron chi connectivity index (χ3n) is 5.41. The van der Waals surface area contributed by atoms with Gasteiger partial charge in [-0.05, 0) is 0 Å². The number of carbonyl (C=O) groups is 2. The minimum Gasteiger partial charge on any atom is -0.0654 e. The van der Waals surface area contributed by atoms with Crippen LogP contribution in [0.15, 0.2) is 0 Å². The summed E-state index contributed by atoms with van der Waals surface area (Å²) in [5, 5.41) is 0. The smallest absolute Gasteiger partial charge is 0.0654 e. The van der Waals surface area contributed by atoms with E-state index in [1.807, 2.05) is 0 Å². The number of rotatable bonds is 22. The average Bonchev–Trinajstić information content (AvgIpc) is 2.71. The Labute approximate surface area is 194 Å². The van der Waals surface area contributed by atoms with Crippen molar-refractivity contribution in [2.45, 2.75) is 142 Å². The molecule has 0 atom stereocenters. The molecule has 0 N–H and O–H groups in total. The van der Waals surface area contributed by atoms with Crippen LogP contribution in [0, 0.1) is 0 Å². The van der Waals surface area contributed by atoms with E-state index in [1.165, 1.54) is 89.9 Å². The standard InChI is InChI=1S/2C12H24O2.Hg/c2*1-2-3-4-5-6-7-8-9-10-11-12(13)14;/h2*2-11H2,1H3,(H,13,14);/q;;+2/p-2. The van der Waals surface area contributed by atoms with Gasteiger partial charge in [-0.2, -0.15) is 0 Å². The molecule has 0 aromatic heterocycles. The van der Waals surface area contributed by atoms with Crippen LogP contribution < -0.4 is 0 Å². The van der Waals surface area contributed by atoms with Gasteiger partial charge in [0, 0.05) is 0 Å². The molecule has 0 aromatic carbocycles. The molecule has 0 radical (unpaired) electrons. The maximum atomic E-state index is 11.7. The second-order valence-electron chi connectivity index (χ2n) is 8.31. The molecule has 168 valence electrons. The Morgan fingerprint density at radius 3 is 1.07 bits per heavy atom. The number of carbonyl (C=O) groups excluding carboxylic acids is 2. The molecule has 4 nitrogen and oxygen atoms in total. The van der Waals surface area contributed by atoms with Crippen molar-refractivity contribution < 1.29 is 40.4 Å². The van der Waals surface area contributed by atoms with Crippen LogP contribution in [0.2, 0.25) is 0 Å². The normalized spacial score (nSPS) is 10.6. The summed E-state index contributed by atoms with van der Waals surface area (Å²) >= 11 is -2.25. The number of hydrogen-bond donors (Lipinski definition) is 0. The fourth-order valence-corrected chi connectivity index (χ4v) is 5.84. The molecule has 5 heteroatoms. The van der Waals surface area contributed by atoms with Gasteiger partial charge in [-0.15, -0.1) is 0 Å². The zero-order valence-electron chi connectivity index (χ0n) is 19.5. The van der Waals surface area contributed by atoms with Crippen LogP contribution in [0.1, 0.15) is 142 Å². The van der Waals surface area contributed by atoms with Crippen molar-refractivity contribution in [2.75, 3.05) is 0 Å². The van der Waals surface area contributed by atoms with Crippen molar-refractivity contribution >= 4 is 11.9 Å². The van der Waals surface area contributed by atoms with Gasteiger partial charge in [-0.1, -0.05) is 13.8 Å². The Morgan fingerprint density at radius 1 is 0.483 bits per heavy atom. The minimum atomic E-state index is -2.25. The summed E-state index contributed by atoms with van der Waals surface area (Å²) in [6.07, 6.45) is 23.2. The third kappa shape index (κ3) is 24.0. The number of hydrogen-bond acceptors (Lipinski definition) is 4. The van der Waals surface area contributed by atoms with Gasteiger partial charge >= 0.3 is 181 Å². The first-order valence-electron chi connectivity index (χ1n) is 12.5. The van der Waals surface area contributed by atoms with Crippen LogP contribution in [0.4, 0.5) is 0 Å². The summed E-state index contributed by atoms with van der Waals surface area (Å²) in [7, 11) is 0. The van der Waals surface area contributed by atoms with E-state index in [0.29, 0.717) is 12.8 Å². The predicted molar refractivity (Wildman–Crippen MR) is 116 cm³/mol. The summed E-state index contributed by atoms with van der Waals surface area (Å²) in [4.78, 5) is 23.4. The van der Waals surface area contributed by atoms with Gasteiger partial charge in [0.15, 0.2) is 0 Å². The molecule has 0 aliphatic carbocycles. The predicted octanol–water partition coefficient (Wildman–Crippen LogP) is 7.83. The van der Waals surface area contributed by atoms with Gasteiger partial charge in [-0.3, -0.25) is 0 Å². The summed E-state index contributed by atoms with van der Waals surface area (Å²) in [5.74, 6) is -0.323. The van der Waals surface area contributed by atoms with E-state index in [2.05, 4.69) is 13.8 Å². The van der Waals surface area contributed by atoms with Gasteiger partial charge < -0.3 is 0 Å². The Bertz CT molecular complexity index is 340. The molecular formula is C24H46HgO4. The SMILES string of the molecule is CCCCCCCCCCCC(=O)[O][Hg][O]C(=O)CCCCCCCCCCC. The zero-order chi connectivity index (χ0) is 21.4. The maximum absolute atomic E-state index is 11.7. The van der Waals surface area contributed by atoms with Crippen molar-refractivity contribution in [3.8, 4) is 0 Å². The molecule has 0 saturated heterocycles. The van der Waals surface area contributed by atoms with Crippen molar-refractivity contribution in [1.29, 1.82) is 0 Å². The first kappa shape index (κ1) is 28.9. The quantitative estimate of drug-likeness (QED) is 0.0941. The first-order valence-corrected chi connectivity index (χ1v) is 17.0. The van der Waals surface area contributed by atoms with Gasteiger partial charge in [0.05, 0.1) is 0 Å². The molecule has 0 unspecified atom stereocenters. The molecule has 0 saturated carbocycles.